The first-order chi connectivity index (χ1) is 8.12. The van der Waals surface area contributed by atoms with Crippen LogP contribution in [0.15, 0.2) is 0 Å². The van der Waals surface area contributed by atoms with Crippen LogP contribution in [0.2, 0.25) is 0 Å². The van der Waals surface area contributed by atoms with Crippen molar-refractivity contribution >= 4 is 0 Å². The molecule has 0 spiro atoms. The summed E-state index contributed by atoms with van der Waals surface area (Å²) in [7, 11) is 0. The van der Waals surface area contributed by atoms with E-state index in [-0.39, 0.29) is 0 Å². The second-order valence-electron chi connectivity index (χ2n) is 7.10. The highest BCUT2D eigenvalue weighted by molar-refractivity contribution is 4.85. The molecule has 1 heteroatoms. The molecule has 1 nitrogen and oxygen atoms in total. The van der Waals surface area contributed by atoms with Crippen LogP contribution in [0.5, 0.6) is 0 Å². The van der Waals surface area contributed by atoms with Crippen LogP contribution in [0.1, 0.15) is 72.1 Å². The lowest BCUT2D eigenvalue weighted by molar-refractivity contribution is 0.134. The second-order valence-corrected chi connectivity index (χ2v) is 7.10. The number of hydrogen-bond donors (Lipinski definition) is 1. The first-order valence-electron chi connectivity index (χ1n) is 7.85. The van der Waals surface area contributed by atoms with E-state index in [1.165, 1.54) is 57.9 Å². The topological polar surface area (TPSA) is 12.0 Å². The van der Waals surface area contributed by atoms with Gasteiger partial charge in [-0.05, 0) is 62.3 Å². The van der Waals surface area contributed by atoms with Crippen molar-refractivity contribution in [3.8, 4) is 0 Å². The fourth-order valence-corrected chi connectivity index (χ4v) is 3.40. The highest BCUT2D eigenvalue weighted by atomic mass is 14.9. The molecular formula is C16H31N. The summed E-state index contributed by atoms with van der Waals surface area (Å²) in [5.74, 6) is 1.98. The predicted octanol–water partition coefficient (Wildman–Crippen LogP) is 4.37. The number of rotatable bonds is 5. The van der Waals surface area contributed by atoms with Gasteiger partial charge in [-0.25, -0.2) is 0 Å². The van der Waals surface area contributed by atoms with E-state index in [0.717, 1.165) is 17.9 Å². The Morgan fingerprint density at radius 2 is 1.65 bits per heavy atom. The van der Waals surface area contributed by atoms with Gasteiger partial charge in [0.05, 0.1) is 0 Å². The maximum atomic E-state index is 3.81. The van der Waals surface area contributed by atoms with Crippen LogP contribution in [0.3, 0.4) is 0 Å². The van der Waals surface area contributed by atoms with Gasteiger partial charge in [-0.1, -0.05) is 33.6 Å². The van der Waals surface area contributed by atoms with Crippen LogP contribution in [0, 0.1) is 17.3 Å². The molecule has 17 heavy (non-hydrogen) atoms. The van der Waals surface area contributed by atoms with Crippen LogP contribution < -0.4 is 5.32 Å². The van der Waals surface area contributed by atoms with Gasteiger partial charge in [-0.3, -0.25) is 0 Å². The lowest BCUT2D eigenvalue weighted by Gasteiger charge is -2.39. The molecule has 0 atom stereocenters. The number of nitrogens with one attached hydrogen (secondary N) is 1. The zero-order valence-corrected chi connectivity index (χ0v) is 12.1. The van der Waals surface area contributed by atoms with E-state index in [9.17, 15) is 0 Å². The molecule has 2 fully saturated rings. The molecule has 1 N–H and O–H groups in total. The van der Waals surface area contributed by atoms with Gasteiger partial charge in [0.2, 0.25) is 0 Å². The summed E-state index contributed by atoms with van der Waals surface area (Å²) < 4.78 is 0. The minimum atomic E-state index is 0.568. The third-order valence-corrected chi connectivity index (χ3v) is 5.66. The van der Waals surface area contributed by atoms with Crippen molar-refractivity contribution in [1.29, 1.82) is 0 Å². The van der Waals surface area contributed by atoms with Gasteiger partial charge >= 0.3 is 0 Å². The Labute approximate surface area is 108 Å². The molecule has 0 saturated heterocycles. The van der Waals surface area contributed by atoms with Crippen molar-refractivity contribution in [2.45, 2.75) is 78.2 Å². The molecule has 0 amide bonds. The Morgan fingerprint density at radius 1 is 1.00 bits per heavy atom. The quantitative estimate of drug-likeness (QED) is 0.748. The summed E-state index contributed by atoms with van der Waals surface area (Å²) in [6, 6.07) is 0.833. The Balaban J connectivity index is 1.66. The smallest absolute Gasteiger partial charge is 0.00673 e. The third-order valence-electron chi connectivity index (χ3n) is 5.66. The summed E-state index contributed by atoms with van der Waals surface area (Å²) >= 11 is 0. The molecule has 100 valence electrons. The largest absolute Gasteiger partial charge is 0.314 e. The van der Waals surface area contributed by atoms with Crippen molar-refractivity contribution in [3.63, 3.8) is 0 Å². The highest BCUT2D eigenvalue weighted by Crippen LogP contribution is 2.40. The van der Waals surface area contributed by atoms with Crippen molar-refractivity contribution in [2.24, 2.45) is 17.3 Å². The van der Waals surface area contributed by atoms with E-state index in [0.29, 0.717) is 5.41 Å². The van der Waals surface area contributed by atoms with E-state index in [1.54, 1.807) is 0 Å². The molecule has 0 unspecified atom stereocenters. The Bertz CT molecular complexity index is 222. The molecule has 0 aliphatic heterocycles. The first-order valence-corrected chi connectivity index (χ1v) is 7.85. The monoisotopic (exact) mass is 237 g/mol. The van der Waals surface area contributed by atoms with Crippen LogP contribution in [-0.2, 0) is 0 Å². The Morgan fingerprint density at radius 3 is 2.12 bits per heavy atom. The second kappa shape index (κ2) is 5.73. The summed E-state index contributed by atoms with van der Waals surface area (Å²) in [4.78, 5) is 0. The van der Waals surface area contributed by atoms with E-state index in [2.05, 4.69) is 26.1 Å². The zero-order valence-electron chi connectivity index (χ0n) is 12.1. The van der Waals surface area contributed by atoms with Gasteiger partial charge in [0.15, 0.2) is 0 Å². The lowest BCUT2D eigenvalue weighted by atomic mass is 9.69. The van der Waals surface area contributed by atoms with Gasteiger partial charge in [-0.2, -0.15) is 0 Å². The van der Waals surface area contributed by atoms with Crippen LogP contribution in [0.4, 0.5) is 0 Å². The molecular weight excluding hydrogens is 206 g/mol. The van der Waals surface area contributed by atoms with Crippen molar-refractivity contribution in [1.82, 2.24) is 5.32 Å². The van der Waals surface area contributed by atoms with E-state index < -0.39 is 0 Å². The highest BCUT2D eigenvalue weighted by Gasteiger charge is 2.31. The molecule has 0 aromatic rings. The van der Waals surface area contributed by atoms with Gasteiger partial charge in [0.25, 0.3) is 0 Å². The summed E-state index contributed by atoms with van der Waals surface area (Å²) in [6.07, 6.45) is 11.5. The van der Waals surface area contributed by atoms with Crippen LogP contribution >= 0.6 is 0 Å². The molecule has 2 aliphatic carbocycles. The molecule has 0 heterocycles. The molecule has 0 aromatic heterocycles. The average Bonchev–Trinajstić information content (AvgIpc) is 2.28. The minimum Gasteiger partial charge on any atom is -0.314 e. The third kappa shape index (κ3) is 3.47. The lowest BCUT2D eigenvalue weighted by Crippen LogP contribution is -2.39. The van der Waals surface area contributed by atoms with Gasteiger partial charge in [0, 0.05) is 6.04 Å². The maximum Gasteiger partial charge on any atom is 0.00673 e. The normalized spacial score (nSPS) is 31.2. The van der Waals surface area contributed by atoms with Crippen LogP contribution in [0.25, 0.3) is 0 Å². The Kier molecular flexibility index (Phi) is 4.52. The standard InChI is InChI=1S/C16H31N/c1-4-16(2,3)14-8-10-15(11-9-14)17-12-13-6-5-7-13/h13-15,17H,4-12H2,1-3H3. The maximum absolute atomic E-state index is 3.81. The molecule has 0 aromatic carbocycles. The molecule has 0 bridgehead atoms. The van der Waals surface area contributed by atoms with E-state index >= 15 is 0 Å². The Hall–Kier alpha value is -0.0400. The zero-order chi connectivity index (χ0) is 12.3. The van der Waals surface area contributed by atoms with Crippen molar-refractivity contribution < 1.29 is 0 Å². The SMILES string of the molecule is CCC(C)(C)C1CCC(NCC2CCC2)CC1. The number of hydrogen-bond acceptors (Lipinski definition) is 1. The molecule has 2 saturated carbocycles. The summed E-state index contributed by atoms with van der Waals surface area (Å²) in [5, 5.41) is 3.81. The first kappa shape index (κ1) is 13.4. The van der Waals surface area contributed by atoms with Gasteiger partial charge in [0.1, 0.15) is 0 Å². The van der Waals surface area contributed by atoms with Gasteiger partial charge in [-0.15, -0.1) is 0 Å². The molecule has 2 rings (SSSR count). The average molecular weight is 237 g/mol. The predicted molar refractivity (Wildman–Crippen MR) is 75.2 cm³/mol. The van der Waals surface area contributed by atoms with Gasteiger partial charge < -0.3 is 5.32 Å². The van der Waals surface area contributed by atoms with Crippen LogP contribution in [-0.4, -0.2) is 12.6 Å². The minimum absolute atomic E-state index is 0.568. The summed E-state index contributed by atoms with van der Waals surface area (Å²) in [6.45, 7) is 8.56. The molecule has 2 aliphatic rings. The fraction of sp³-hybridized carbons (Fsp3) is 1.00. The fourth-order valence-electron chi connectivity index (χ4n) is 3.40. The van der Waals surface area contributed by atoms with E-state index in [4.69, 9.17) is 0 Å². The molecule has 0 radical (unpaired) electrons. The summed E-state index contributed by atoms with van der Waals surface area (Å²) in [5.41, 5.74) is 0.568. The van der Waals surface area contributed by atoms with E-state index in [1.807, 2.05) is 0 Å². The van der Waals surface area contributed by atoms with Crippen molar-refractivity contribution in [3.05, 3.63) is 0 Å². The van der Waals surface area contributed by atoms with Crippen molar-refractivity contribution in [2.75, 3.05) is 6.54 Å².